The minimum atomic E-state index is 0.681. The third-order valence-corrected chi connectivity index (χ3v) is 2.17. The summed E-state index contributed by atoms with van der Waals surface area (Å²) >= 11 is 0. The second-order valence-corrected chi connectivity index (χ2v) is 3.30. The zero-order chi connectivity index (χ0) is 9.80. The van der Waals surface area contributed by atoms with E-state index in [0.717, 1.165) is 18.6 Å². The molecule has 0 aliphatic carbocycles. The van der Waals surface area contributed by atoms with Crippen molar-refractivity contribution in [2.24, 2.45) is 5.73 Å². The smallest absolute Gasteiger partial charge is 0.109 e. The Balaban J connectivity index is 2.03. The van der Waals surface area contributed by atoms with Gasteiger partial charge in [-0.15, -0.1) is 0 Å². The molecular formula is C11H14N2O. The first-order valence-corrected chi connectivity index (χ1v) is 4.77. The standard InChI is InChI=1S/C11H14N2O/c12-6-5-9-3-4-10(13-9)8-11-2-1-7-14-11/h1-4,7,13H,5-6,8,12H2. The predicted octanol–water partition coefficient (Wildman–Crippen LogP) is 1.70. The van der Waals surface area contributed by atoms with Gasteiger partial charge in [-0.25, -0.2) is 0 Å². The fourth-order valence-electron chi connectivity index (χ4n) is 1.50. The van der Waals surface area contributed by atoms with Crippen LogP contribution in [0.15, 0.2) is 34.9 Å². The molecule has 0 aliphatic heterocycles. The summed E-state index contributed by atoms with van der Waals surface area (Å²) in [7, 11) is 0. The van der Waals surface area contributed by atoms with Gasteiger partial charge in [0.1, 0.15) is 5.76 Å². The maximum atomic E-state index is 5.47. The second-order valence-electron chi connectivity index (χ2n) is 3.30. The minimum absolute atomic E-state index is 0.681. The van der Waals surface area contributed by atoms with Crippen LogP contribution in [0.3, 0.4) is 0 Å². The minimum Gasteiger partial charge on any atom is -0.469 e. The fraction of sp³-hybridized carbons (Fsp3) is 0.273. The number of H-pyrrole nitrogens is 1. The molecule has 3 nitrogen and oxygen atoms in total. The van der Waals surface area contributed by atoms with E-state index in [1.54, 1.807) is 6.26 Å². The van der Waals surface area contributed by atoms with Crippen LogP contribution in [-0.2, 0) is 12.8 Å². The molecule has 3 N–H and O–H groups in total. The number of nitrogens with two attached hydrogens (primary N) is 1. The summed E-state index contributed by atoms with van der Waals surface area (Å²) in [5.74, 6) is 0.978. The Labute approximate surface area is 82.9 Å². The number of rotatable bonds is 4. The Morgan fingerprint density at radius 3 is 2.79 bits per heavy atom. The molecule has 0 saturated heterocycles. The molecular weight excluding hydrogens is 176 g/mol. The van der Waals surface area contributed by atoms with Gasteiger partial charge in [0.2, 0.25) is 0 Å². The van der Waals surface area contributed by atoms with E-state index in [1.165, 1.54) is 11.4 Å². The maximum absolute atomic E-state index is 5.47. The lowest BCUT2D eigenvalue weighted by atomic mass is 10.2. The molecule has 0 fully saturated rings. The van der Waals surface area contributed by atoms with Crippen LogP contribution in [0.1, 0.15) is 17.1 Å². The van der Waals surface area contributed by atoms with Crippen molar-refractivity contribution in [3.63, 3.8) is 0 Å². The molecule has 14 heavy (non-hydrogen) atoms. The Morgan fingerprint density at radius 2 is 2.07 bits per heavy atom. The van der Waals surface area contributed by atoms with E-state index in [4.69, 9.17) is 10.2 Å². The van der Waals surface area contributed by atoms with E-state index in [0.29, 0.717) is 6.54 Å². The van der Waals surface area contributed by atoms with Crippen molar-refractivity contribution >= 4 is 0 Å². The third kappa shape index (κ3) is 2.06. The molecule has 0 aromatic carbocycles. The van der Waals surface area contributed by atoms with Gasteiger partial charge in [-0.3, -0.25) is 0 Å². The number of furan rings is 1. The molecule has 2 heterocycles. The summed E-state index contributed by atoms with van der Waals surface area (Å²) in [5.41, 5.74) is 7.83. The number of hydrogen-bond donors (Lipinski definition) is 2. The van der Waals surface area contributed by atoms with Gasteiger partial charge in [0.25, 0.3) is 0 Å². The first-order chi connectivity index (χ1) is 6.88. The van der Waals surface area contributed by atoms with Crippen molar-refractivity contribution < 1.29 is 4.42 Å². The van der Waals surface area contributed by atoms with E-state index < -0.39 is 0 Å². The largest absolute Gasteiger partial charge is 0.469 e. The highest BCUT2D eigenvalue weighted by Gasteiger charge is 2.01. The predicted molar refractivity (Wildman–Crippen MR) is 55.1 cm³/mol. The number of aromatic nitrogens is 1. The highest BCUT2D eigenvalue weighted by Crippen LogP contribution is 2.09. The monoisotopic (exact) mass is 190 g/mol. The Hall–Kier alpha value is -1.48. The molecule has 74 valence electrons. The average Bonchev–Trinajstić information content (AvgIpc) is 2.79. The zero-order valence-corrected chi connectivity index (χ0v) is 7.99. The highest BCUT2D eigenvalue weighted by atomic mass is 16.3. The van der Waals surface area contributed by atoms with Crippen LogP contribution < -0.4 is 5.73 Å². The van der Waals surface area contributed by atoms with E-state index in [1.807, 2.05) is 12.1 Å². The molecule has 0 spiro atoms. The van der Waals surface area contributed by atoms with E-state index in [9.17, 15) is 0 Å². The number of nitrogens with one attached hydrogen (secondary N) is 1. The first kappa shape index (κ1) is 9.09. The summed E-state index contributed by atoms with van der Waals surface area (Å²) in [4.78, 5) is 3.31. The molecule has 0 radical (unpaired) electrons. The summed E-state index contributed by atoms with van der Waals surface area (Å²) in [6, 6.07) is 8.03. The number of aromatic amines is 1. The van der Waals surface area contributed by atoms with E-state index in [2.05, 4.69) is 17.1 Å². The summed E-state index contributed by atoms with van der Waals surface area (Å²) < 4.78 is 5.26. The topological polar surface area (TPSA) is 54.9 Å². The highest BCUT2D eigenvalue weighted by molar-refractivity contribution is 5.18. The zero-order valence-electron chi connectivity index (χ0n) is 7.99. The van der Waals surface area contributed by atoms with Gasteiger partial charge in [0.15, 0.2) is 0 Å². The van der Waals surface area contributed by atoms with Crippen LogP contribution in [0.5, 0.6) is 0 Å². The average molecular weight is 190 g/mol. The number of hydrogen-bond acceptors (Lipinski definition) is 2. The summed E-state index contributed by atoms with van der Waals surface area (Å²) in [6.07, 6.45) is 3.41. The Bertz CT molecular complexity index is 376. The van der Waals surface area contributed by atoms with Crippen molar-refractivity contribution in [1.82, 2.24) is 4.98 Å². The van der Waals surface area contributed by atoms with Gasteiger partial charge in [-0.2, -0.15) is 0 Å². The fourth-order valence-corrected chi connectivity index (χ4v) is 1.50. The molecule has 0 unspecified atom stereocenters. The summed E-state index contributed by atoms with van der Waals surface area (Å²) in [6.45, 7) is 0.681. The van der Waals surface area contributed by atoms with Gasteiger partial charge < -0.3 is 15.1 Å². The molecule has 2 aromatic rings. The van der Waals surface area contributed by atoms with E-state index in [-0.39, 0.29) is 0 Å². The van der Waals surface area contributed by atoms with Gasteiger partial charge >= 0.3 is 0 Å². The van der Waals surface area contributed by atoms with Crippen LogP contribution >= 0.6 is 0 Å². The van der Waals surface area contributed by atoms with Crippen molar-refractivity contribution in [3.8, 4) is 0 Å². The molecule has 2 aromatic heterocycles. The Kier molecular flexibility index (Phi) is 2.70. The van der Waals surface area contributed by atoms with Crippen molar-refractivity contribution in [3.05, 3.63) is 47.7 Å². The lowest BCUT2D eigenvalue weighted by molar-refractivity contribution is 0.519. The molecule has 0 amide bonds. The normalized spacial score (nSPS) is 10.6. The van der Waals surface area contributed by atoms with Gasteiger partial charge in [-0.1, -0.05) is 0 Å². The van der Waals surface area contributed by atoms with Crippen LogP contribution in [-0.4, -0.2) is 11.5 Å². The maximum Gasteiger partial charge on any atom is 0.109 e. The van der Waals surface area contributed by atoms with Crippen LogP contribution in [0.25, 0.3) is 0 Å². The second kappa shape index (κ2) is 4.15. The van der Waals surface area contributed by atoms with Crippen LogP contribution in [0.2, 0.25) is 0 Å². The lowest BCUT2D eigenvalue weighted by Gasteiger charge is -1.94. The van der Waals surface area contributed by atoms with Crippen molar-refractivity contribution in [2.75, 3.05) is 6.54 Å². The molecule has 0 saturated carbocycles. The molecule has 2 rings (SSSR count). The first-order valence-electron chi connectivity index (χ1n) is 4.77. The van der Waals surface area contributed by atoms with Gasteiger partial charge in [-0.05, 0) is 37.2 Å². The van der Waals surface area contributed by atoms with Crippen LogP contribution in [0, 0.1) is 0 Å². The lowest BCUT2D eigenvalue weighted by Crippen LogP contribution is -2.02. The molecule has 0 bridgehead atoms. The molecule has 3 heteroatoms. The molecule has 0 aliphatic rings. The summed E-state index contributed by atoms with van der Waals surface area (Å²) in [5, 5.41) is 0. The van der Waals surface area contributed by atoms with Crippen molar-refractivity contribution in [1.29, 1.82) is 0 Å². The van der Waals surface area contributed by atoms with Gasteiger partial charge in [0, 0.05) is 17.8 Å². The molecule has 0 atom stereocenters. The Morgan fingerprint density at radius 1 is 1.21 bits per heavy atom. The quantitative estimate of drug-likeness (QED) is 0.771. The van der Waals surface area contributed by atoms with E-state index >= 15 is 0 Å². The third-order valence-electron chi connectivity index (χ3n) is 2.17. The van der Waals surface area contributed by atoms with Crippen LogP contribution in [0.4, 0.5) is 0 Å². The van der Waals surface area contributed by atoms with Crippen molar-refractivity contribution in [2.45, 2.75) is 12.8 Å². The van der Waals surface area contributed by atoms with Gasteiger partial charge in [0.05, 0.1) is 6.26 Å². The SMILES string of the molecule is NCCc1ccc(Cc2ccco2)[nH]1.